The molecule has 0 spiro atoms. The standard InChI is InChI=1S/C9H16ClNO2S/c1-9(14(10,12)13)5-8-11-6-3-2-4-7-11/h1-8H2. The molecule has 0 amide bonds. The lowest BCUT2D eigenvalue weighted by Gasteiger charge is -2.26. The average Bonchev–Trinajstić information content (AvgIpc) is 2.14. The maximum atomic E-state index is 10.9. The molecule has 1 fully saturated rings. The van der Waals surface area contributed by atoms with Crippen molar-refractivity contribution in [2.45, 2.75) is 25.7 Å². The van der Waals surface area contributed by atoms with Gasteiger partial charge in [-0.1, -0.05) is 13.0 Å². The fraction of sp³-hybridized carbons (Fsp3) is 0.778. The van der Waals surface area contributed by atoms with Gasteiger partial charge in [0.2, 0.25) is 0 Å². The summed E-state index contributed by atoms with van der Waals surface area (Å²) >= 11 is 0. The van der Waals surface area contributed by atoms with E-state index in [9.17, 15) is 8.42 Å². The minimum atomic E-state index is -3.55. The van der Waals surface area contributed by atoms with Crippen LogP contribution in [0, 0.1) is 0 Å². The van der Waals surface area contributed by atoms with Crippen LogP contribution in [0.5, 0.6) is 0 Å². The first-order valence-corrected chi connectivity index (χ1v) is 7.16. The van der Waals surface area contributed by atoms with Gasteiger partial charge in [0.1, 0.15) is 0 Å². The fourth-order valence-corrected chi connectivity index (χ4v) is 2.15. The van der Waals surface area contributed by atoms with E-state index in [1.807, 2.05) is 0 Å². The zero-order valence-electron chi connectivity index (χ0n) is 8.21. The number of piperidine rings is 1. The largest absolute Gasteiger partial charge is 0.303 e. The molecule has 0 N–H and O–H groups in total. The number of halogens is 1. The van der Waals surface area contributed by atoms with Gasteiger partial charge in [-0.15, -0.1) is 0 Å². The number of rotatable bonds is 4. The van der Waals surface area contributed by atoms with Gasteiger partial charge in [0.05, 0.1) is 4.91 Å². The van der Waals surface area contributed by atoms with Gasteiger partial charge in [-0.3, -0.25) is 0 Å². The second-order valence-electron chi connectivity index (χ2n) is 3.63. The molecule has 14 heavy (non-hydrogen) atoms. The van der Waals surface area contributed by atoms with Gasteiger partial charge in [0.25, 0.3) is 9.05 Å². The third-order valence-corrected chi connectivity index (χ3v) is 4.05. The molecule has 1 heterocycles. The highest BCUT2D eigenvalue weighted by Crippen LogP contribution is 2.16. The zero-order chi connectivity index (χ0) is 10.6. The van der Waals surface area contributed by atoms with Gasteiger partial charge in [0, 0.05) is 17.2 Å². The Balaban J connectivity index is 2.29. The van der Waals surface area contributed by atoms with Crippen LogP contribution in [0.25, 0.3) is 0 Å². The summed E-state index contributed by atoms with van der Waals surface area (Å²) in [6.07, 6.45) is 4.15. The van der Waals surface area contributed by atoms with Crippen LogP contribution in [0.15, 0.2) is 11.5 Å². The molecule has 1 saturated heterocycles. The Kier molecular flexibility index (Phi) is 4.41. The van der Waals surface area contributed by atoms with Crippen molar-refractivity contribution in [3.8, 4) is 0 Å². The van der Waals surface area contributed by atoms with Crippen molar-refractivity contribution < 1.29 is 8.42 Å². The Morgan fingerprint density at radius 2 is 1.86 bits per heavy atom. The first kappa shape index (κ1) is 12.0. The van der Waals surface area contributed by atoms with Crippen LogP contribution < -0.4 is 0 Å². The lowest BCUT2D eigenvalue weighted by molar-refractivity contribution is 0.232. The van der Waals surface area contributed by atoms with Gasteiger partial charge < -0.3 is 4.90 Å². The summed E-state index contributed by atoms with van der Waals surface area (Å²) in [6, 6.07) is 0. The molecular formula is C9H16ClNO2S. The maximum Gasteiger partial charge on any atom is 0.256 e. The Labute approximate surface area is 90.2 Å². The van der Waals surface area contributed by atoms with Crippen molar-refractivity contribution in [1.82, 2.24) is 4.90 Å². The molecule has 5 heteroatoms. The van der Waals surface area contributed by atoms with Crippen molar-refractivity contribution >= 4 is 19.7 Å². The highest BCUT2D eigenvalue weighted by molar-refractivity contribution is 8.16. The van der Waals surface area contributed by atoms with E-state index in [1.54, 1.807) is 0 Å². The monoisotopic (exact) mass is 237 g/mol. The lowest BCUT2D eigenvalue weighted by atomic mass is 10.1. The number of hydrogen-bond donors (Lipinski definition) is 0. The predicted octanol–water partition coefficient (Wildman–Crippen LogP) is 1.94. The molecule has 82 valence electrons. The number of nitrogens with zero attached hydrogens (tertiary/aromatic N) is 1. The fourth-order valence-electron chi connectivity index (χ4n) is 1.59. The van der Waals surface area contributed by atoms with Crippen molar-refractivity contribution in [1.29, 1.82) is 0 Å². The van der Waals surface area contributed by atoms with E-state index in [2.05, 4.69) is 11.5 Å². The molecule has 0 atom stereocenters. The number of hydrogen-bond acceptors (Lipinski definition) is 3. The molecule has 0 aliphatic carbocycles. The van der Waals surface area contributed by atoms with Crippen molar-refractivity contribution in [3.05, 3.63) is 11.5 Å². The predicted molar refractivity (Wildman–Crippen MR) is 58.8 cm³/mol. The Bertz CT molecular complexity index is 294. The van der Waals surface area contributed by atoms with E-state index >= 15 is 0 Å². The molecular weight excluding hydrogens is 222 g/mol. The Morgan fingerprint density at radius 3 is 2.36 bits per heavy atom. The van der Waals surface area contributed by atoms with Crippen LogP contribution in [0.2, 0.25) is 0 Å². The molecule has 0 unspecified atom stereocenters. The van der Waals surface area contributed by atoms with Crippen LogP contribution >= 0.6 is 10.7 Å². The topological polar surface area (TPSA) is 37.4 Å². The van der Waals surface area contributed by atoms with E-state index in [0.717, 1.165) is 19.6 Å². The Morgan fingerprint density at radius 1 is 1.29 bits per heavy atom. The second kappa shape index (κ2) is 5.14. The van der Waals surface area contributed by atoms with E-state index in [4.69, 9.17) is 10.7 Å². The first-order valence-electron chi connectivity index (χ1n) is 4.85. The van der Waals surface area contributed by atoms with Crippen LogP contribution in [-0.2, 0) is 9.05 Å². The summed E-state index contributed by atoms with van der Waals surface area (Å²) in [6.45, 7) is 6.35. The molecule has 0 radical (unpaired) electrons. The van der Waals surface area contributed by atoms with Crippen molar-refractivity contribution in [2.75, 3.05) is 19.6 Å². The maximum absolute atomic E-state index is 10.9. The molecule has 0 saturated carbocycles. The van der Waals surface area contributed by atoms with Crippen LogP contribution in [-0.4, -0.2) is 33.0 Å². The molecule has 1 rings (SSSR count). The van der Waals surface area contributed by atoms with E-state index in [-0.39, 0.29) is 4.91 Å². The molecule has 1 aliphatic rings. The normalized spacial score (nSPS) is 19.5. The van der Waals surface area contributed by atoms with Gasteiger partial charge in [-0.2, -0.15) is 0 Å². The SMILES string of the molecule is C=C(CCN1CCCCC1)S(=O)(=O)Cl. The van der Waals surface area contributed by atoms with Crippen molar-refractivity contribution in [3.63, 3.8) is 0 Å². The van der Waals surface area contributed by atoms with Crippen molar-refractivity contribution in [2.24, 2.45) is 0 Å². The third-order valence-electron chi connectivity index (χ3n) is 2.50. The molecule has 0 aromatic heterocycles. The first-order chi connectivity index (χ1) is 6.50. The average molecular weight is 238 g/mol. The summed E-state index contributed by atoms with van der Waals surface area (Å²) in [5.74, 6) is 0. The Hall–Kier alpha value is -0.0600. The van der Waals surface area contributed by atoms with Gasteiger partial charge >= 0.3 is 0 Å². The molecule has 1 aliphatic heterocycles. The second-order valence-corrected chi connectivity index (χ2v) is 6.30. The van der Waals surface area contributed by atoms with E-state index in [0.29, 0.717) is 6.42 Å². The molecule has 3 nitrogen and oxygen atoms in total. The van der Waals surface area contributed by atoms with Crippen LogP contribution in [0.4, 0.5) is 0 Å². The summed E-state index contributed by atoms with van der Waals surface area (Å²) in [5, 5.41) is 0. The smallest absolute Gasteiger partial charge is 0.256 e. The molecule has 0 bridgehead atoms. The highest BCUT2D eigenvalue weighted by Gasteiger charge is 2.14. The summed E-state index contributed by atoms with van der Waals surface area (Å²) in [7, 11) is 1.60. The molecule has 0 aromatic rings. The zero-order valence-corrected chi connectivity index (χ0v) is 9.78. The minimum absolute atomic E-state index is 0.129. The van der Waals surface area contributed by atoms with Gasteiger partial charge in [0.15, 0.2) is 0 Å². The quantitative estimate of drug-likeness (QED) is 0.702. The summed E-state index contributed by atoms with van der Waals surface area (Å²) < 4.78 is 21.7. The van der Waals surface area contributed by atoms with E-state index in [1.165, 1.54) is 19.3 Å². The summed E-state index contributed by atoms with van der Waals surface area (Å²) in [4.78, 5) is 2.39. The van der Waals surface area contributed by atoms with Gasteiger partial charge in [-0.05, 0) is 32.4 Å². The number of likely N-dealkylation sites (tertiary alicyclic amines) is 1. The third kappa shape index (κ3) is 3.98. The van der Waals surface area contributed by atoms with Crippen LogP contribution in [0.3, 0.4) is 0 Å². The molecule has 0 aromatic carbocycles. The lowest BCUT2D eigenvalue weighted by Crippen LogP contribution is -2.30. The van der Waals surface area contributed by atoms with E-state index < -0.39 is 9.05 Å². The minimum Gasteiger partial charge on any atom is -0.303 e. The highest BCUT2D eigenvalue weighted by atomic mass is 35.7. The van der Waals surface area contributed by atoms with Crippen LogP contribution in [0.1, 0.15) is 25.7 Å². The van der Waals surface area contributed by atoms with Gasteiger partial charge in [-0.25, -0.2) is 8.42 Å². The summed E-state index contributed by atoms with van der Waals surface area (Å²) in [5.41, 5.74) is 0.